The summed E-state index contributed by atoms with van der Waals surface area (Å²) in [5.74, 6) is -2.64. The Balaban J connectivity index is 1.17. The van der Waals surface area contributed by atoms with Crippen molar-refractivity contribution >= 4 is 33.4 Å². The Labute approximate surface area is 281 Å². The average molecular weight is 676 g/mol. The highest BCUT2D eigenvalue weighted by Gasteiger charge is 2.49. The Morgan fingerprint density at radius 3 is 2.76 bits per heavy atom. The third kappa shape index (κ3) is 5.56. The number of halogens is 4. The molecule has 13 heteroatoms. The molecule has 0 saturated carbocycles. The molecule has 256 valence electrons. The van der Waals surface area contributed by atoms with Crippen molar-refractivity contribution in [2.24, 2.45) is 0 Å². The minimum absolute atomic E-state index is 0.0326. The Kier molecular flexibility index (Phi) is 7.94. The number of anilines is 1. The molecule has 0 spiro atoms. The van der Waals surface area contributed by atoms with E-state index in [4.69, 9.17) is 9.72 Å². The topological polar surface area (TPSA) is 77.9 Å². The Morgan fingerprint density at radius 2 is 1.94 bits per heavy atom. The van der Waals surface area contributed by atoms with Gasteiger partial charge in [0, 0.05) is 75.5 Å². The normalized spacial score (nSPS) is 24.1. The molecule has 4 saturated heterocycles. The molecular formula is C36H37F4N7O2. The minimum Gasteiger partial charge on any atom is -0.461 e. The molecule has 49 heavy (non-hydrogen) atoms. The molecule has 6 heterocycles. The summed E-state index contributed by atoms with van der Waals surface area (Å²) in [4.78, 5) is 34.6. The molecule has 0 unspecified atom stereocenters. The molecule has 3 atom stereocenters. The molecule has 8 rings (SSSR count). The number of amides is 1. The lowest BCUT2D eigenvalue weighted by atomic mass is 9.95. The van der Waals surface area contributed by atoms with Gasteiger partial charge in [-0.05, 0) is 49.9 Å². The third-order valence-corrected chi connectivity index (χ3v) is 10.7. The smallest absolute Gasteiger partial charge is 0.319 e. The fourth-order valence-corrected chi connectivity index (χ4v) is 8.13. The first-order valence-electron chi connectivity index (χ1n) is 16.8. The van der Waals surface area contributed by atoms with Gasteiger partial charge in [-0.2, -0.15) is 9.97 Å². The summed E-state index contributed by atoms with van der Waals surface area (Å²) < 4.78 is 66.9. The number of carbonyl (C=O) groups is 1. The van der Waals surface area contributed by atoms with Crippen molar-refractivity contribution in [3.05, 3.63) is 65.6 Å². The number of likely N-dealkylation sites (N-methyl/N-ethyl adjacent to an activating group) is 2. The van der Waals surface area contributed by atoms with Crippen LogP contribution in [0.2, 0.25) is 0 Å². The van der Waals surface area contributed by atoms with E-state index >= 15 is 8.78 Å². The van der Waals surface area contributed by atoms with Crippen LogP contribution in [0, 0.1) is 17.5 Å². The van der Waals surface area contributed by atoms with Gasteiger partial charge in [0.15, 0.2) is 17.5 Å². The maximum atomic E-state index is 16.7. The predicted octanol–water partition coefficient (Wildman–Crippen LogP) is 5.13. The summed E-state index contributed by atoms with van der Waals surface area (Å²) in [5, 5.41) is 0.615. The molecule has 0 aliphatic carbocycles. The zero-order valence-corrected chi connectivity index (χ0v) is 27.4. The van der Waals surface area contributed by atoms with Crippen LogP contribution in [0.4, 0.5) is 23.4 Å². The Hall–Kier alpha value is -4.36. The second kappa shape index (κ2) is 12.2. The molecule has 0 N–H and O–H groups in total. The standard InChI is InChI=1S/C36H37F4N7O2/c1-44-16-21(17-44)13-28(48)46-12-9-24(19-46)45(2)34-26-15-41-32(25-6-3-5-22-7-8-27(38)30(39)29(22)25)31(40)33(26)42-35(43-34)49-20-36-10-4-11-47(36)18-23(37)14-36/h3,5-8,13,15,23-24H,4,9-12,14,16-20H2,1-2H3/t23-,24-,36+/m1/s1. The second-order valence-electron chi connectivity index (χ2n) is 14.0. The molecule has 0 radical (unpaired) electrons. The highest BCUT2D eigenvalue weighted by Crippen LogP contribution is 2.41. The van der Waals surface area contributed by atoms with Crippen LogP contribution >= 0.6 is 0 Å². The first kappa shape index (κ1) is 31.9. The molecule has 4 aliphatic heterocycles. The highest BCUT2D eigenvalue weighted by molar-refractivity contribution is 5.99. The molecule has 9 nitrogen and oxygen atoms in total. The largest absolute Gasteiger partial charge is 0.461 e. The summed E-state index contributed by atoms with van der Waals surface area (Å²) in [5.41, 5.74) is 0.422. The molecule has 4 aliphatic rings. The number of nitrogens with zero attached hydrogens (tertiary/aromatic N) is 7. The molecule has 1 amide bonds. The lowest BCUT2D eigenvalue weighted by molar-refractivity contribution is -0.125. The fourth-order valence-electron chi connectivity index (χ4n) is 8.13. The quantitative estimate of drug-likeness (QED) is 0.197. The summed E-state index contributed by atoms with van der Waals surface area (Å²) in [7, 11) is 3.84. The van der Waals surface area contributed by atoms with Gasteiger partial charge in [0.1, 0.15) is 29.8 Å². The van der Waals surface area contributed by atoms with Crippen LogP contribution in [-0.2, 0) is 4.79 Å². The van der Waals surface area contributed by atoms with E-state index in [1.807, 2.05) is 19.0 Å². The number of aromatic nitrogens is 3. The number of carbonyl (C=O) groups excluding carboxylic acids is 1. The summed E-state index contributed by atoms with van der Waals surface area (Å²) in [6.45, 7) is 3.85. The van der Waals surface area contributed by atoms with Gasteiger partial charge in [0.25, 0.3) is 0 Å². The van der Waals surface area contributed by atoms with Crippen molar-refractivity contribution < 1.29 is 27.1 Å². The van der Waals surface area contributed by atoms with E-state index in [9.17, 15) is 13.6 Å². The van der Waals surface area contributed by atoms with Crippen molar-refractivity contribution in [3.8, 4) is 17.3 Å². The van der Waals surface area contributed by atoms with E-state index in [0.717, 1.165) is 44.1 Å². The number of hydrogen-bond donors (Lipinski definition) is 0. The fraction of sp³-hybridized carbons (Fsp3) is 0.444. The van der Waals surface area contributed by atoms with E-state index in [2.05, 4.69) is 19.8 Å². The van der Waals surface area contributed by atoms with Crippen molar-refractivity contribution in [3.63, 3.8) is 0 Å². The number of rotatable bonds is 7. The Bertz CT molecular complexity index is 2000. The molecule has 2 aromatic carbocycles. The predicted molar refractivity (Wildman–Crippen MR) is 178 cm³/mol. The number of alkyl halides is 1. The van der Waals surface area contributed by atoms with Crippen LogP contribution in [-0.4, -0.2) is 113 Å². The lowest BCUT2D eigenvalue weighted by Gasteiger charge is -2.31. The zero-order chi connectivity index (χ0) is 34.0. The third-order valence-electron chi connectivity index (χ3n) is 10.7. The highest BCUT2D eigenvalue weighted by atomic mass is 19.2. The van der Waals surface area contributed by atoms with E-state index in [0.29, 0.717) is 49.1 Å². The molecule has 0 bridgehead atoms. The molecule has 4 fully saturated rings. The molecular weight excluding hydrogens is 638 g/mol. The summed E-state index contributed by atoms with van der Waals surface area (Å²) in [6.07, 6.45) is 4.92. The first-order valence-corrected chi connectivity index (χ1v) is 16.8. The molecule has 2 aromatic heterocycles. The van der Waals surface area contributed by atoms with Gasteiger partial charge in [0.2, 0.25) is 5.91 Å². The maximum absolute atomic E-state index is 16.7. The SMILES string of the molecule is CN1CC(=CC(=O)N2CC[C@@H](N(C)c3nc(OC[C@@]45CCCN4C[C@H](F)C5)nc4c(F)c(-c5cccc6ccc(F)c(F)c56)ncc34)C2)C1. The van der Waals surface area contributed by atoms with E-state index in [1.54, 1.807) is 23.1 Å². The van der Waals surface area contributed by atoms with Gasteiger partial charge in [-0.3, -0.25) is 19.6 Å². The van der Waals surface area contributed by atoms with Crippen molar-refractivity contribution in [2.75, 3.05) is 64.9 Å². The van der Waals surface area contributed by atoms with Gasteiger partial charge < -0.3 is 14.5 Å². The number of benzene rings is 2. The summed E-state index contributed by atoms with van der Waals surface area (Å²) in [6, 6.07) is 7.00. The average Bonchev–Trinajstić information content (AvgIpc) is 3.79. The van der Waals surface area contributed by atoms with E-state index < -0.39 is 29.2 Å². The number of fused-ring (bicyclic) bond motifs is 3. The van der Waals surface area contributed by atoms with Gasteiger partial charge in [-0.15, -0.1) is 0 Å². The lowest BCUT2D eigenvalue weighted by Crippen LogP contribution is -2.43. The number of ether oxygens (including phenoxy) is 1. The van der Waals surface area contributed by atoms with Crippen LogP contribution in [0.1, 0.15) is 25.7 Å². The zero-order valence-electron chi connectivity index (χ0n) is 27.4. The first-order chi connectivity index (χ1) is 23.6. The van der Waals surface area contributed by atoms with E-state index in [1.165, 1.54) is 18.3 Å². The van der Waals surface area contributed by atoms with Gasteiger partial charge in [0.05, 0.1) is 10.9 Å². The van der Waals surface area contributed by atoms with Gasteiger partial charge in [-0.1, -0.05) is 24.3 Å². The van der Waals surface area contributed by atoms with Crippen LogP contribution in [0.15, 0.2) is 48.2 Å². The van der Waals surface area contributed by atoms with Crippen LogP contribution in [0.3, 0.4) is 0 Å². The van der Waals surface area contributed by atoms with Crippen molar-refractivity contribution in [1.82, 2.24) is 29.7 Å². The number of pyridine rings is 1. The maximum Gasteiger partial charge on any atom is 0.319 e. The second-order valence-corrected chi connectivity index (χ2v) is 14.0. The van der Waals surface area contributed by atoms with Crippen molar-refractivity contribution in [2.45, 2.75) is 43.4 Å². The van der Waals surface area contributed by atoms with Crippen LogP contribution in [0.25, 0.3) is 32.9 Å². The Morgan fingerprint density at radius 1 is 1.10 bits per heavy atom. The monoisotopic (exact) mass is 675 g/mol. The summed E-state index contributed by atoms with van der Waals surface area (Å²) >= 11 is 0. The van der Waals surface area contributed by atoms with Crippen LogP contribution in [0.5, 0.6) is 6.01 Å². The van der Waals surface area contributed by atoms with Crippen LogP contribution < -0.4 is 9.64 Å². The number of likely N-dealkylation sites (tertiary alicyclic amines) is 2. The van der Waals surface area contributed by atoms with Gasteiger partial charge in [-0.25, -0.2) is 17.6 Å². The molecule has 4 aromatic rings. The van der Waals surface area contributed by atoms with Crippen molar-refractivity contribution in [1.29, 1.82) is 0 Å². The van der Waals surface area contributed by atoms with Gasteiger partial charge >= 0.3 is 6.01 Å². The minimum atomic E-state index is -1.09. The van der Waals surface area contributed by atoms with E-state index in [-0.39, 0.29) is 46.7 Å². The number of hydrogen-bond acceptors (Lipinski definition) is 8.